The van der Waals surface area contributed by atoms with Crippen LogP contribution in [0.4, 0.5) is 5.69 Å². The first-order valence-electron chi connectivity index (χ1n) is 4.39. The Labute approximate surface area is 95.6 Å². The molecule has 1 atom stereocenters. The first kappa shape index (κ1) is 10.4. The summed E-state index contributed by atoms with van der Waals surface area (Å²) in [4.78, 5) is 12.6. The van der Waals surface area contributed by atoms with Gasteiger partial charge in [0.2, 0.25) is 5.91 Å². The number of hydrogen-bond acceptors (Lipinski definition) is 4. The molecule has 0 aliphatic heterocycles. The van der Waals surface area contributed by atoms with E-state index in [1.54, 1.807) is 0 Å². The Bertz CT molecular complexity index is 422. The molecule has 3 N–H and O–H groups in total. The van der Waals surface area contributed by atoms with Crippen LogP contribution in [0.25, 0.3) is 0 Å². The van der Waals surface area contributed by atoms with Crippen LogP contribution in [-0.4, -0.2) is 5.91 Å². The minimum Gasteiger partial charge on any atom is -0.324 e. The molecule has 5 heteroatoms. The number of nitrogens with two attached hydrogens (primary N) is 1. The zero-order valence-electron chi connectivity index (χ0n) is 7.84. The molecule has 2 aromatic rings. The number of carbonyl (C=O) groups excluding carboxylic acids is 1. The van der Waals surface area contributed by atoms with Crippen molar-refractivity contribution in [2.75, 3.05) is 5.32 Å². The fourth-order valence-electron chi connectivity index (χ4n) is 1.15. The van der Waals surface area contributed by atoms with Gasteiger partial charge < -0.3 is 11.1 Å². The van der Waals surface area contributed by atoms with Crippen molar-refractivity contribution in [2.45, 2.75) is 6.04 Å². The molecule has 0 radical (unpaired) electrons. The summed E-state index contributed by atoms with van der Waals surface area (Å²) in [5.41, 5.74) is 6.60. The second-order valence-corrected chi connectivity index (χ2v) is 4.75. The van der Waals surface area contributed by atoms with Gasteiger partial charge in [-0.2, -0.15) is 11.3 Å². The van der Waals surface area contributed by atoms with Crippen LogP contribution in [0, 0.1) is 0 Å². The Kier molecular flexibility index (Phi) is 3.15. The summed E-state index contributed by atoms with van der Waals surface area (Å²) in [7, 11) is 0. The fourth-order valence-corrected chi connectivity index (χ4v) is 2.47. The molecule has 0 saturated heterocycles. The number of amides is 1. The van der Waals surface area contributed by atoms with Gasteiger partial charge in [0.15, 0.2) is 0 Å². The SMILES string of the molecule is NC(C(=O)Nc1ccsc1)c1cccs1. The van der Waals surface area contributed by atoms with Gasteiger partial charge >= 0.3 is 0 Å². The number of thiophene rings is 2. The lowest BCUT2D eigenvalue weighted by molar-refractivity contribution is -0.117. The first-order valence-corrected chi connectivity index (χ1v) is 6.21. The van der Waals surface area contributed by atoms with E-state index in [2.05, 4.69) is 5.32 Å². The summed E-state index contributed by atoms with van der Waals surface area (Å²) < 4.78 is 0. The Morgan fingerprint density at radius 1 is 1.40 bits per heavy atom. The summed E-state index contributed by atoms with van der Waals surface area (Å²) in [6.07, 6.45) is 0. The molecule has 15 heavy (non-hydrogen) atoms. The van der Waals surface area contributed by atoms with E-state index in [1.807, 2.05) is 34.3 Å². The second-order valence-electron chi connectivity index (χ2n) is 2.99. The maximum atomic E-state index is 11.7. The van der Waals surface area contributed by atoms with Crippen LogP contribution in [-0.2, 0) is 4.79 Å². The number of carbonyl (C=O) groups is 1. The van der Waals surface area contributed by atoms with Crippen LogP contribution in [0.1, 0.15) is 10.9 Å². The van der Waals surface area contributed by atoms with Gasteiger partial charge in [0.1, 0.15) is 6.04 Å². The van der Waals surface area contributed by atoms with Gasteiger partial charge in [-0.3, -0.25) is 4.79 Å². The molecule has 0 spiro atoms. The monoisotopic (exact) mass is 238 g/mol. The summed E-state index contributed by atoms with van der Waals surface area (Å²) in [5.74, 6) is -0.171. The number of rotatable bonds is 3. The maximum absolute atomic E-state index is 11.7. The predicted molar refractivity (Wildman–Crippen MR) is 64.2 cm³/mol. The molecule has 0 aromatic carbocycles. The van der Waals surface area contributed by atoms with Gasteiger partial charge in [-0.25, -0.2) is 0 Å². The zero-order chi connectivity index (χ0) is 10.7. The quantitative estimate of drug-likeness (QED) is 0.863. The average molecular weight is 238 g/mol. The highest BCUT2D eigenvalue weighted by molar-refractivity contribution is 7.10. The third-order valence-corrected chi connectivity index (χ3v) is 3.56. The van der Waals surface area contributed by atoms with E-state index in [4.69, 9.17) is 5.73 Å². The summed E-state index contributed by atoms with van der Waals surface area (Å²) in [5, 5.41) is 8.46. The van der Waals surface area contributed by atoms with Crippen molar-refractivity contribution >= 4 is 34.3 Å². The molecule has 0 fully saturated rings. The van der Waals surface area contributed by atoms with Crippen LogP contribution in [0.5, 0.6) is 0 Å². The van der Waals surface area contributed by atoms with Crippen LogP contribution in [0.2, 0.25) is 0 Å². The Morgan fingerprint density at radius 3 is 2.87 bits per heavy atom. The fraction of sp³-hybridized carbons (Fsp3) is 0.100. The van der Waals surface area contributed by atoms with Crippen molar-refractivity contribution in [3.8, 4) is 0 Å². The lowest BCUT2D eigenvalue weighted by Gasteiger charge is -2.08. The molecule has 1 amide bonds. The van der Waals surface area contributed by atoms with E-state index in [1.165, 1.54) is 22.7 Å². The Hall–Kier alpha value is -1.17. The van der Waals surface area contributed by atoms with E-state index in [0.29, 0.717) is 0 Å². The van der Waals surface area contributed by atoms with E-state index < -0.39 is 6.04 Å². The van der Waals surface area contributed by atoms with Crippen LogP contribution in [0.15, 0.2) is 34.3 Å². The van der Waals surface area contributed by atoms with E-state index in [9.17, 15) is 4.79 Å². The van der Waals surface area contributed by atoms with Gasteiger partial charge in [0, 0.05) is 10.3 Å². The molecule has 0 saturated carbocycles. The van der Waals surface area contributed by atoms with Crippen molar-refractivity contribution in [3.05, 3.63) is 39.2 Å². The highest BCUT2D eigenvalue weighted by Gasteiger charge is 2.16. The van der Waals surface area contributed by atoms with Crippen molar-refractivity contribution < 1.29 is 4.79 Å². The summed E-state index contributed by atoms with van der Waals surface area (Å²) in [6.45, 7) is 0. The van der Waals surface area contributed by atoms with Crippen molar-refractivity contribution in [2.24, 2.45) is 5.73 Å². The molecular weight excluding hydrogens is 228 g/mol. The predicted octanol–water partition coefficient (Wildman–Crippen LogP) is 2.45. The van der Waals surface area contributed by atoms with Gasteiger partial charge in [0.05, 0.1) is 5.69 Å². The Morgan fingerprint density at radius 2 is 2.27 bits per heavy atom. The molecule has 0 bridgehead atoms. The Balaban J connectivity index is 2.03. The van der Waals surface area contributed by atoms with Crippen molar-refractivity contribution in [1.29, 1.82) is 0 Å². The highest BCUT2D eigenvalue weighted by atomic mass is 32.1. The molecule has 2 rings (SSSR count). The normalized spacial score (nSPS) is 12.3. The van der Waals surface area contributed by atoms with E-state index >= 15 is 0 Å². The molecular formula is C10H10N2OS2. The van der Waals surface area contributed by atoms with Crippen LogP contribution < -0.4 is 11.1 Å². The highest BCUT2D eigenvalue weighted by Crippen LogP contribution is 2.19. The minimum absolute atomic E-state index is 0.171. The average Bonchev–Trinajstić information content (AvgIpc) is 2.88. The minimum atomic E-state index is -0.579. The lowest BCUT2D eigenvalue weighted by Crippen LogP contribution is -2.26. The van der Waals surface area contributed by atoms with Gasteiger partial charge in [0.25, 0.3) is 0 Å². The van der Waals surface area contributed by atoms with E-state index in [0.717, 1.165) is 10.6 Å². The third kappa shape index (κ3) is 2.44. The molecule has 2 heterocycles. The van der Waals surface area contributed by atoms with Gasteiger partial charge in [-0.05, 0) is 22.9 Å². The lowest BCUT2D eigenvalue weighted by atomic mass is 10.2. The van der Waals surface area contributed by atoms with Crippen LogP contribution >= 0.6 is 22.7 Å². The first-order chi connectivity index (χ1) is 7.27. The number of nitrogens with one attached hydrogen (secondary N) is 1. The van der Waals surface area contributed by atoms with Gasteiger partial charge in [-0.15, -0.1) is 11.3 Å². The zero-order valence-corrected chi connectivity index (χ0v) is 9.48. The molecule has 78 valence electrons. The molecule has 2 aromatic heterocycles. The number of anilines is 1. The summed E-state index contributed by atoms with van der Waals surface area (Å²) >= 11 is 3.03. The second kappa shape index (κ2) is 4.57. The van der Waals surface area contributed by atoms with Crippen molar-refractivity contribution in [1.82, 2.24) is 0 Å². The molecule has 3 nitrogen and oxygen atoms in total. The van der Waals surface area contributed by atoms with Crippen LogP contribution in [0.3, 0.4) is 0 Å². The van der Waals surface area contributed by atoms with Crippen molar-refractivity contribution in [3.63, 3.8) is 0 Å². The standard InChI is InChI=1S/C10H10N2OS2/c11-9(8-2-1-4-15-8)10(13)12-7-3-5-14-6-7/h1-6,9H,11H2,(H,12,13). The number of hydrogen-bond donors (Lipinski definition) is 2. The topological polar surface area (TPSA) is 55.1 Å². The maximum Gasteiger partial charge on any atom is 0.246 e. The summed E-state index contributed by atoms with van der Waals surface area (Å²) in [6, 6.07) is 5.02. The molecule has 0 aliphatic rings. The third-order valence-electron chi connectivity index (χ3n) is 1.92. The van der Waals surface area contributed by atoms with Gasteiger partial charge in [-0.1, -0.05) is 6.07 Å². The largest absolute Gasteiger partial charge is 0.324 e. The molecule has 0 aliphatic carbocycles. The smallest absolute Gasteiger partial charge is 0.246 e. The van der Waals surface area contributed by atoms with E-state index in [-0.39, 0.29) is 5.91 Å². The molecule has 1 unspecified atom stereocenters.